The van der Waals surface area contributed by atoms with E-state index in [-0.39, 0.29) is 5.82 Å². The summed E-state index contributed by atoms with van der Waals surface area (Å²) in [6.45, 7) is 8.71. The molecule has 0 unspecified atom stereocenters. The number of halogens is 1. The Morgan fingerprint density at radius 2 is 1.93 bits per heavy atom. The van der Waals surface area contributed by atoms with E-state index >= 15 is 0 Å². The minimum absolute atomic E-state index is 0.282. The van der Waals surface area contributed by atoms with Crippen LogP contribution in [0.1, 0.15) is 0 Å². The lowest BCUT2D eigenvalue weighted by atomic mass is 10.0. The summed E-state index contributed by atoms with van der Waals surface area (Å²) in [5.74, 6) is 0.370. The van der Waals surface area contributed by atoms with E-state index in [0.717, 1.165) is 34.4 Å². The van der Waals surface area contributed by atoms with Gasteiger partial charge in [0.25, 0.3) is 0 Å². The van der Waals surface area contributed by atoms with Crippen LogP contribution in [-0.2, 0) is 4.74 Å². The maximum atomic E-state index is 13.3. The van der Waals surface area contributed by atoms with Gasteiger partial charge >= 0.3 is 0 Å². The van der Waals surface area contributed by atoms with Gasteiger partial charge < -0.3 is 20.1 Å². The fraction of sp³-hybridized carbons (Fsp3) is 0.381. The number of anilines is 1. The number of nitrogen functional groups attached to an aromatic ring is 1. The van der Waals surface area contributed by atoms with Gasteiger partial charge in [-0.1, -0.05) is 31.8 Å². The van der Waals surface area contributed by atoms with Gasteiger partial charge in [0, 0.05) is 31.7 Å². The van der Waals surface area contributed by atoms with E-state index in [9.17, 15) is 4.39 Å². The summed E-state index contributed by atoms with van der Waals surface area (Å²) in [6.07, 6.45) is 1.97. The topological polar surface area (TPSA) is 60.1 Å². The third-order valence-electron chi connectivity index (χ3n) is 4.70. The van der Waals surface area contributed by atoms with Crippen molar-refractivity contribution in [1.82, 2.24) is 4.90 Å². The monoisotopic (exact) mass is 401 g/mol. The molecule has 2 N–H and O–H groups in total. The molecular formula is C21H28FN3O2Si. The van der Waals surface area contributed by atoms with Crippen molar-refractivity contribution in [2.45, 2.75) is 25.7 Å². The van der Waals surface area contributed by atoms with Crippen LogP contribution < -0.4 is 21.0 Å². The SMILES string of the molecule is COc1cc(-c2ccc(F)cc2)c(N)c2c1=NCN(COCC[Si](C)(C)C)C=2. The number of fused-ring (bicyclic) bond motifs is 1. The Bertz CT molecular complexity index is 956. The zero-order chi connectivity index (χ0) is 20.3. The van der Waals surface area contributed by atoms with Crippen LogP contribution in [-0.4, -0.2) is 40.1 Å². The second-order valence-corrected chi connectivity index (χ2v) is 13.8. The van der Waals surface area contributed by atoms with E-state index in [1.165, 1.54) is 12.1 Å². The minimum atomic E-state index is -1.11. The molecule has 5 nitrogen and oxygen atoms in total. The molecule has 2 aromatic rings. The molecule has 0 saturated carbocycles. The normalized spacial score (nSPS) is 13.5. The molecule has 0 atom stereocenters. The average molecular weight is 402 g/mol. The molecule has 28 heavy (non-hydrogen) atoms. The summed E-state index contributed by atoms with van der Waals surface area (Å²) >= 11 is 0. The molecule has 0 bridgehead atoms. The lowest BCUT2D eigenvalue weighted by Gasteiger charge is -2.23. The Labute approximate surface area is 166 Å². The molecule has 7 heteroatoms. The number of nitrogens with two attached hydrogens (primary N) is 1. The third kappa shape index (κ3) is 4.72. The van der Waals surface area contributed by atoms with Gasteiger partial charge in [0.1, 0.15) is 30.3 Å². The summed E-state index contributed by atoms with van der Waals surface area (Å²) in [4.78, 5) is 6.64. The second kappa shape index (κ2) is 8.32. The molecule has 1 heterocycles. The van der Waals surface area contributed by atoms with E-state index in [1.807, 2.05) is 17.2 Å². The van der Waals surface area contributed by atoms with Crippen LogP contribution in [0.5, 0.6) is 5.75 Å². The van der Waals surface area contributed by atoms with Gasteiger partial charge in [-0.05, 0) is 29.8 Å². The van der Waals surface area contributed by atoms with Crippen molar-refractivity contribution in [3.63, 3.8) is 0 Å². The second-order valence-electron chi connectivity index (χ2n) is 8.17. The van der Waals surface area contributed by atoms with Crippen molar-refractivity contribution < 1.29 is 13.9 Å². The summed E-state index contributed by atoms with van der Waals surface area (Å²) in [5.41, 5.74) is 8.69. The number of benzene rings is 2. The summed E-state index contributed by atoms with van der Waals surface area (Å²) < 4.78 is 24.7. The number of methoxy groups -OCH3 is 1. The van der Waals surface area contributed by atoms with Crippen molar-refractivity contribution in [2.75, 3.05) is 32.8 Å². The third-order valence-corrected chi connectivity index (χ3v) is 6.40. The zero-order valence-corrected chi connectivity index (χ0v) is 18.0. The summed E-state index contributed by atoms with van der Waals surface area (Å²) in [5, 5.41) is 1.54. The molecule has 0 fully saturated rings. The zero-order valence-electron chi connectivity index (χ0n) is 17.0. The van der Waals surface area contributed by atoms with Crippen molar-refractivity contribution in [2.24, 2.45) is 4.99 Å². The van der Waals surface area contributed by atoms with E-state index in [1.54, 1.807) is 19.2 Å². The standard InChI is InChI=1S/C21H28FN3O2Si/c1-26-19-11-17(15-5-7-16(22)8-6-15)20(23)18-12-25(13-24-21(18)19)14-27-9-10-28(2,3)4/h5-8,11-12H,9-10,13-14,23H2,1-4H3. The number of hydrogen-bond acceptors (Lipinski definition) is 5. The van der Waals surface area contributed by atoms with Crippen LogP contribution in [0.2, 0.25) is 25.7 Å². The van der Waals surface area contributed by atoms with Crippen LogP contribution in [0.15, 0.2) is 35.3 Å². The molecule has 0 amide bonds. The van der Waals surface area contributed by atoms with Crippen molar-refractivity contribution >= 4 is 20.0 Å². The van der Waals surface area contributed by atoms with Crippen molar-refractivity contribution in [3.05, 3.63) is 46.7 Å². The van der Waals surface area contributed by atoms with Crippen LogP contribution >= 0.6 is 0 Å². The highest BCUT2D eigenvalue weighted by Gasteiger charge is 2.16. The maximum absolute atomic E-state index is 13.3. The van der Waals surface area contributed by atoms with Crippen molar-refractivity contribution in [1.29, 1.82) is 0 Å². The predicted molar refractivity (Wildman–Crippen MR) is 114 cm³/mol. The molecule has 0 aliphatic carbocycles. The van der Waals surface area contributed by atoms with Gasteiger partial charge in [-0.3, -0.25) is 4.99 Å². The van der Waals surface area contributed by atoms with Gasteiger partial charge in [-0.2, -0.15) is 0 Å². The molecular weight excluding hydrogens is 373 g/mol. The van der Waals surface area contributed by atoms with Gasteiger partial charge in [0.05, 0.1) is 12.8 Å². The smallest absolute Gasteiger partial charge is 0.145 e. The van der Waals surface area contributed by atoms with E-state index in [4.69, 9.17) is 15.2 Å². The van der Waals surface area contributed by atoms with Gasteiger partial charge in [0.15, 0.2) is 0 Å². The molecule has 0 saturated heterocycles. The molecule has 2 aromatic carbocycles. The lowest BCUT2D eigenvalue weighted by molar-refractivity contribution is 0.0711. The highest BCUT2D eigenvalue weighted by atomic mass is 28.3. The largest absolute Gasteiger partial charge is 0.494 e. The minimum Gasteiger partial charge on any atom is -0.494 e. The lowest BCUT2D eigenvalue weighted by Crippen LogP contribution is -2.39. The first-order valence-electron chi connectivity index (χ1n) is 9.39. The van der Waals surface area contributed by atoms with Gasteiger partial charge in [-0.15, -0.1) is 0 Å². The number of ether oxygens (including phenoxy) is 2. The fourth-order valence-corrected chi connectivity index (χ4v) is 3.78. The first kappa shape index (κ1) is 20.4. The average Bonchev–Trinajstić information content (AvgIpc) is 2.66. The highest BCUT2D eigenvalue weighted by Crippen LogP contribution is 2.26. The van der Waals surface area contributed by atoms with Crippen LogP contribution in [0, 0.1) is 5.82 Å². The number of nitrogens with zero attached hydrogens (tertiary/aromatic N) is 2. The molecule has 1 aliphatic rings. The Balaban J connectivity index is 1.90. The molecule has 0 radical (unpaired) electrons. The van der Waals surface area contributed by atoms with Crippen LogP contribution in [0.25, 0.3) is 17.3 Å². The molecule has 0 spiro atoms. The Morgan fingerprint density at radius 3 is 2.57 bits per heavy atom. The van der Waals surface area contributed by atoms with Gasteiger partial charge in [-0.25, -0.2) is 4.39 Å². The maximum Gasteiger partial charge on any atom is 0.145 e. The van der Waals surface area contributed by atoms with Gasteiger partial charge in [0.2, 0.25) is 0 Å². The van der Waals surface area contributed by atoms with E-state index < -0.39 is 8.07 Å². The number of hydrogen-bond donors (Lipinski definition) is 1. The molecule has 3 rings (SSSR count). The van der Waals surface area contributed by atoms with Crippen LogP contribution in [0.4, 0.5) is 10.1 Å². The van der Waals surface area contributed by atoms with Crippen molar-refractivity contribution in [3.8, 4) is 16.9 Å². The molecule has 150 valence electrons. The quantitative estimate of drug-likeness (QED) is 0.440. The first-order valence-corrected chi connectivity index (χ1v) is 13.1. The number of rotatable bonds is 7. The Hall–Kier alpha value is -2.38. The summed E-state index contributed by atoms with van der Waals surface area (Å²) in [7, 11) is 0.500. The Kier molecular flexibility index (Phi) is 6.05. The fourth-order valence-electron chi connectivity index (χ4n) is 3.02. The summed E-state index contributed by atoms with van der Waals surface area (Å²) in [6, 6.07) is 9.26. The molecule has 0 aromatic heterocycles. The molecule has 1 aliphatic heterocycles. The first-order chi connectivity index (χ1) is 13.3. The van der Waals surface area contributed by atoms with Crippen LogP contribution in [0.3, 0.4) is 0 Å². The predicted octanol–water partition coefficient (Wildman–Crippen LogP) is 3.03. The van der Waals surface area contributed by atoms with E-state index in [0.29, 0.717) is 24.8 Å². The highest BCUT2D eigenvalue weighted by molar-refractivity contribution is 6.76. The van der Waals surface area contributed by atoms with E-state index in [2.05, 4.69) is 24.6 Å². The Morgan fingerprint density at radius 1 is 1.21 bits per heavy atom.